The predicted octanol–water partition coefficient (Wildman–Crippen LogP) is 12.9. The molecular formula is C54H99N3O9S3. The summed E-state index contributed by atoms with van der Waals surface area (Å²) in [5.41, 5.74) is -2.66. The van der Waals surface area contributed by atoms with Gasteiger partial charge in [-0.2, -0.15) is 35.3 Å². The van der Waals surface area contributed by atoms with Gasteiger partial charge in [-0.05, 0) is 36.5 Å². The lowest BCUT2D eigenvalue weighted by molar-refractivity contribution is -0.144. The normalized spacial score (nSPS) is 11.3. The molecule has 1 heterocycles. The van der Waals surface area contributed by atoms with E-state index in [1.165, 1.54) is 173 Å². The van der Waals surface area contributed by atoms with Crippen LogP contribution in [0.1, 0.15) is 233 Å². The van der Waals surface area contributed by atoms with Crippen molar-refractivity contribution in [2.75, 3.05) is 54.3 Å². The smallest absolute Gasteiger partial charge is 0.336 e. The highest BCUT2D eigenvalue weighted by atomic mass is 32.2. The van der Waals surface area contributed by atoms with Crippen LogP contribution < -0.4 is 17.1 Å². The van der Waals surface area contributed by atoms with E-state index in [0.29, 0.717) is 17.3 Å². The summed E-state index contributed by atoms with van der Waals surface area (Å²) in [4.78, 5) is 78.3. The number of carbonyl (C=O) groups excluding carboxylic acids is 3. The van der Waals surface area contributed by atoms with Crippen LogP contribution in [0.2, 0.25) is 0 Å². The largest absolute Gasteiger partial charge is 0.464 e. The van der Waals surface area contributed by atoms with Crippen LogP contribution in [-0.2, 0) is 48.2 Å². The summed E-state index contributed by atoms with van der Waals surface area (Å²) < 4.78 is 18.8. The summed E-state index contributed by atoms with van der Waals surface area (Å²) in [6.07, 6.45) is 39.0. The number of hydrogen-bond acceptors (Lipinski definition) is 12. The molecule has 0 spiro atoms. The van der Waals surface area contributed by atoms with E-state index < -0.39 is 35.0 Å². The highest BCUT2D eigenvalue weighted by Gasteiger charge is 2.17. The average Bonchev–Trinajstić information content (AvgIpc) is 3.34. The number of esters is 3. The SMILES string of the molecule is CCCCCCCCCCCCSCCC(=O)OCCn1c(=O)n(CCOC(=O)CCSCCCCCCCCCCCC)c(=O)n(CCOC(=O)CCSCCCCCCCCCCCC)c1=O. The van der Waals surface area contributed by atoms with Gasteiger partial charge in [-0.25, -0.2) is 28.1 Å². The number of hydrogen-bond donors (Lipinski definition) is 0. The zero-order valence-corrected chi connectivity index (χ0v) is 46.5. The summed E-state index contributed by atoms with van der Waals surface area (Å²) in [5, 5.41) is 0. The minimum absolute atomic E-state index is 0.216. The summed E-state index contributed by atoms with van der Waals surface area (Å²) in [6, 6.07) is 0. The van der Waals surface area contributed by atoms with E-state index in [1.807, 2.05) is 0 Å². The minimum atomic E-state index is -0.885. The van der Waals surface area contributed by atoms with Gasteiger partial charge in [0.15, 0.2) is 0 Å². The predicted molar refractivity (Wildman–Crippen MR) is 293 cm³/mol. The molecule has 0 aromatic carbocycles. The first kappa shape index (κ1) is 64.9. The second-order valence-corrected chi connectivity index (χ2v) is 22.3. The lowest BCUT2D eigenvalue weighted by atomic mass is 10.1. The highest BCUT2D eigenvalue weighted by Crippen LogP contribution is 2.16. The van der Waals surface area contributed by atoms with Crippen molar-refractivity contribution < 1.29 is 28.6 Å². The van der Waals surface area contributed by atoms with E-state index in [4.69, 9.17) is 14.2 Å². The molecular weight excluding hydrogens is 931 g/mol. The van der Waals surface area contributed by atoms with Gasteiger partial charge in [-0.1, -0.05) is 194 Å². The van der Waals surface area contributed by atoms with Gasteiger partial charge in [0.25, 0.3) is 0 Å². The Morgan fingerprint density at radius 3 is 0.739 bits per heavy atom. The third-order valence-electron chi connectivity index (χ3n) is 12.4. The standard InChI is InChI=1S/C54H99N3O9S3/c1-4-7-10-13-16-19-22-25-28-31-43-67-46-34-49(58)64-40-37-55-52(61)56(38-41-65-50(59)35-47-68-44-32-29-26-23-20-17-14-11-8-5-2)54(63)57(53(55)62)39-42-66-51(60)36-48-69-45-33-30-27-24-21-18-15-12-9-6-3/h4-48H2,1-3H3. The summed E-state index contributed by atoms with van der Waals surface area (Å²) in [6.45, 7) is 5.25. The topological polar surface area (TPSA) is 145 Å². The molecule has 0 N–H and O–H groups in total. The number of nitrogens with zero attached hydrogens (tertiary/aromatic N) is 3. The van der Waals surface area contributed by atoms with Gasteiger partial charge < -0.3 is 14.2 Å². The first-order chi connectivity index (χ1) is 33.8. The summed E-state index contributed by atoms with van der Waals surface area (Å²) >= 11 is 5.16. The van der Waals surface area contributed by atoms with Gasteiger partial charge in [0.1, 0.15) is 19.8 Å². The van der Waals surface area contributed by atoms with Gasteiger partial charge in [-0.3, -0.25) is 14.4 Å². The number of rotatable bonds is 51. The third kappa shape index (κ3) is 37.3. The Labute approximate surface area is 431 Å². The number of carbonyl (C=O) groups is 3. The van der Waals surface area contributed by atoms with Gasteiger partial charge in [0.05, 0.1) is 38.9 Å². The van der Waals surface area contributed by atoms with Crippen molar-refractivity contribution in [3.63, 3.8) is 0 Å². The van der Waals surface area contributed by atoms with E-state index in [1.54, 1.807) is 35.3 Å². The molecule has 0 fully saturated rings. The molecule has 1 aromatic rings. The van der Waals surface area contributed by atoms with Gasteiger partial charge in [-0.15, -0.1) is 0 Å². The van der Waals surface area contributed by atoms with E-state index in [0.717, 1.165) is 50.2 Å². The van der Waals surface area contributed by atoms with Crippen LogP contribution in [0.5, 0.6) is 0 Å². The zero-order valence-electron chi connectivity index (χ0n) is 44.1. The monoisotopic (exact) mass is 1030 g/mol. The Morgan fingerprint density at radius 2 is 0.522 bits per heavy atom. The van der Waals surface area contributed by atoms with Crippen LogP contribution in [0.4, 0.5) is 0 Å². The maximum atomic E-state index is 13.6. The quantitative estimate of drug-likeness (QED) is 0.0348. The second kappa shape index (κ2) is 48.2. The van der Waals surface area contributed by atoms with E-state index in [-0.39, 0.29) is 58.7 Å². The number of ether oxygens (including phenoxy) is 3. The van der Waals surface area contributed by atoms with Crippen LogP contribution in [-0.4, -0.2) is 85.9 Å². The molecule has 0 unspecified atom stereocenters. The number of aromatic nitrogens is 3. The Kier molecular flexibility index (Phi) is 45.3. The Morgan fingerprint density at radius 1 is 0.319 bits per heavy atom. The summed E-state index contributed by atoms with van der Waals surface area (Å²) in [5.74, 6) is 3.58. The highest BCUT2D eigenvalue weighted by molar-refractivity contribution is 7.99. The van der Waals surface area contributed by atoms with Crippen LogP contribution in [0, 0.1) is 0 Å². The van der Waals surface area contributed by atoms with Crippen molar-refractivity contribution in [1.29, 1.82) is 0 Å². The molecule has 0 aliphatic carbocycles. The molecule has 0 bridgehead atoms. The fourth-order valence-electron chi connectivity index (χ4n) is 8.07. The van der Waals surface area contributed by atoms with Crippen LogP contribution in [0.25, 0.3) is 0 Å². The first-order valence-electron chi connectivity index (χ1n) is 27.9. The van der Waals surface area contributed by atoms with Crippen LogP contribution in [0.15, 0.2) is 14.4 Å². The van der Waals surface area contributed by atoms with E-state index >= 15 is 0 Å². The van der Waals surface area contributed by atoms with Crippen molar-refractivity contribution in [3.05, 3.63) is 31.5 Å². The van der Waals surface area contributed by atoms with Crippen molar-refractivity contribution >= 4 is 53.2 Å². The van der Waals surface area contributed by atoms with Gasteiger partial charge in [0.2, 0.25) is 0 Å². The van der Waals surface area contributed by atoms with Crippen molar-refractivity contribution in [3.8, 4) is 0 Å². The lowest BCUT2D eigenvalue weighted by Crippen LogP contribution is -2.55. The number of unbranched alkanes of at least 4 members (excludes halogenated alkanes) is 27. The molecule has 0 saturated heterocycles. The molecule has 0 aliphatic rings. The van der Waals surface area contributed by atoms with E-state index in [2.05, 4.69) is 20.8 Å². The summed E-state index contributed by atoms with van der Waals surface area (Å²) in [7, 11) is 0. The molecule has 1 aromatic heterocycles. The fourth-order valence-corrected chi connectivity index (χ4v) is 10.8. The molecule has 69 heavy (non-hydrogen) atoms. The fraction of sp³-hybridized carbons (Fsp3) is 0.889. The Bertz CT molecular complexity index is 1370. The van der Waals surface area contributed by atoms with Gasteiger partial charge >= 0.3 is 35.0 Å². The van der Waals surface area contributed by atoms with Gasteiger partial charge in [0, 0.05) is 17.3 Å². The molecule has 0 radical (unpaired) electrons. The molecule has 402 valence electrons. The van der Waals surface area contributed by atoms with Crippen molar-refractivity contribution in [1.82, 2.24) is 13.7 Å². The Balaban J connectivity index is 2.61. The second-order valence-electron chi connectivity index (χ2n) is 18.6. The van der Waals surface area contributed by atoms with Crippen LogP contribution in [0.3, 0.4) is 0 Å². The molecule has 1 rings (SSSR count). The molecule has 15 heteroatoms. The zero-order chi connectivity index (χ0) is 50.3. The molecule has 0 aliphatic heterocycles. The molecule has 0 amide bonds. The molecule has 12 nitrogen and oxygen atoms in total. The lowest BCUT2D eigenvalue weighted by Gasteiger charge is -2.14. The number of thioether (sulfide) groups is 3. The Hall–Kier alpha value is -2.13. The maximum Gasteiger partial charge on any atom is 0.336 e. The maximum absolute atomic E-state index is 13.6. The third-order valence-corrected chi connectivity index (χ3v) is 15.6. The van der Waals surface area contributed by atoms with E-state index in [9.17, 15) is 28.8 Å². The van der Waals surface area contributed by atoms with Crippen LogP contribution >= 0.6 is 35.3 Å². The first-order valence-corrected chi connectivity index (χ1v) is 31.4. The molecule has 0 saturated carbocycles. The van der Waals surface area contributed by atoms with Crippen molar-refractivity contribution in [2.24, 2.45) is 0 Å². The average molecular weight is 1030 g/mol. The minimum Gasteiger partial charge on any atom is -0.464 e. The molecule has 0 atom stereocenters. The van der Waals surface area contributed by atoms with Crippen molar-refractivity contribution in [2.45, 2.75) is 252 Å².